The molecule has 5 nitrogen and oxygen atoms in total. The number of hydrogen-bond donors (Lipinski definition) is 1. The quantitative estimate of drug-likeness (QED) is 0.724. The van der Waals surface area contributed by atoms with Gasteiger partial charge < -0.3 is 14.7 Å². The van der Waals surface area contributed by atoms with E-state index < -0.39 is 13.7 Å². The van der Waals surface area contributed by atoms with Gasteiger partial charge >= 0.3 is 6.09 Å². The molecule has 0 bridgehead atoms. The second-order valence-electron chi connectivity index (χ2n) is 9.46. The molecule has 2 heterocycles. The van der Waals surface area contributed by atoms with Crippen molar-refractivity contribution in [3.05, 3.63) is 47.0 Å². The monoisotopic (exact) mass is 432 g/mol. The number of carbonyl (C=O) groups excluding carboxylic acids is 1. The molecule has 158 valence electrons. The first-order chi connectivity index (χ1) is 13.5. The van der Waals surface area contributed by atoms with Crippen molar-refractivity contribution in [2.24, 2.45) is 0 Å². The lowest BCUT2D eigenvalue weighted by atomic mass is 9.90. The average molecular weight is 433 g/mol. The molecule has 1 fully saturated rings. The van der Waals surface area contributed by atoms with Crippen LogP contribution in [0.3, 0.4) is 0 Å². The maximum atomic E-state index is 12.4. The van der Waals surface area contributed by atoms with E-state index >= 15 is 0 Å². The fourth-order valence-electron chi connectivity index (χ4n) is 3.22. The van der Waals surface area contributed by atoms with Crippen molar-refractivity contribution >= 4 is 30.1 Å². The number of aliphatic hydroxyl groups is 1. The minimum atomic E-state index is -1.72. The normalized spacial score (nSPS) is 17.2. The van der Waals surface area contributed by atoms with Gasteiger partial charge in [-0.05, 0) is 23.4 Å². The Hall–Kier alpha value is -1.70. The molecule has 1 aromatic carbocycles. The molecular formula is C22H32N2O3SSi. The highest BCUT2D eigenvalue weighted by Crippen LogP contribution is 2.39. The van der Waals surface area contributed by atoms with E-state index in [0.717, 1.165) is 10.4 Å². The summed E-state index contributed by atoms with van der Waals surface area (Å²) in [6.07, 6.45) is 2.55. The predicted molar refractivity (Wildman–Crippen MR) is 120 cm³/mol. The van der Waals surface area contributed by atoms with Crippen molar-refractivity contribution in [3.63, 3.8) is 0 Å². The standard InChI is InChI=1S/C22H32N2O3SSi/c1-21(2,3)29(4,5)19-23-15-18(28-19)22(26)11-13-24(14-12-22)20(25)27-16-17-9-7-6-8-10-17/h6-10,15,26H,11-14,16H2,1-5H3. The van der Waals surface area contributed by atoms with Crippen LogP contribution in [0.5, 0.6) is 0 Å². The second kappa shape index (κ2) is 8.20. The molecule has 3 rings (SSSR count). The molecule has 1 N–H and O–H groups in total. The van der Waals surface area contributed by atoms with Gasteiger partial charge in [0.2, 0.25) is 0 Å². The first-order valence-corrected chi connectivity index (χ1v) is 14.0. The third-order valence-corrected chi connectivity index (χ3v) is 14.2. The number of benzene rings is 1. The molecule has 0 aliphatic carbocycles. The van der Waals surface area contributed by atoms with Crippen LogP contribution in [0.2, 0.25) is 18.1 Å². The van der Waals surface area contributed by atoms with E-state index in [1.807, 2.05) is 36.5 Å². The third-order valence-electron chi connectivity index (χ3n) is 6.43. The maximum Gasteiger partial charge on any atom is 0.410 e. The Morgan fingerprint density at radius 1 is 1.24 bits per heavy atom. The van der Waals surface area contributed by atoms with Crippen LogP contribution in [0.1, 0.15) is 44.1 Å². The molecule has 1 aliphatic heterocycles. The van der Waals surface area contributed by atoms with Gasteiger partial charge in [-0.3, -0.25) is 4.98 Å². The maximum absolute atomic E-state index is 12.4. The lowest BCUT2D eigenvalue weighted by Gasteiger charge is -2.37. The van der Waals surface area contributed by atoms with Crippen molar-refractivity contribution < 1.29 is 14.6 Å². The SMILES string of the molecule is CC(C)(C)[Si](C)(C)c1ncc(C2(O)CCN(C(=O)OCc3ccccc3)CC2)s1. The summed E-state index contributed by atoms with van der Waals surface area (Å²) in [7, 11) is -1.72. The average Bonchev–Trinajstić information content (AvgIpc) is 3.18. The van der Waals surface area contributed by atoms with Crippen LogP contribution in [0.4, 0.5) is 4.79 Å². The summed E-state index contributed by atoms with van der Waals surface area (Å²) in [6.45, 7) is 12.7. The fraction of sp³-hybridized carbons (Fsp3) is 0.545. The number of rotatable bonds is 4. The molecule has 7 heteroatoms. The number of hydrogen-bond acceptors (Lipinski definition) is 5. The molecule has 29 heavy (non-hydrogen) atoms. The summed E-state index contributed by atoms with van der Waals surface area (Å²) in [5, 5.41) is 11.4. The lowest BCUT2D eigenvalue weighted by molar-refractivity contribution is -0.0229. The lowest BCUT2D eigenvalue weighted by Crippen LogP contribution is -2.49. The number of piperidine rings is 1. The number of ether oxygens (including phenoxy) is 1. The predicted octanol–water partition coefficient (Wildman–Crippen LogP) is 4.48. The van der Waals surface area contributed by atoms with Crippen LogP contribution in [0.25, 0.3) is 0 Å². The number of nitrogens with zero attached hydrogens (tertiary/aromatic N) is 2. The minimum Gasteiger partial charge on any atom is -0.445 e. The summed E-state index contributed by atoms with van der Waals surface area (Å²) in [5.74, 6) is 0. The summed E-state index contributed by atoms with van der Waals surface area (Å²) < 4.78 is 6.61. The van der Waals surface area contributed by atoms with Gasteiger partial charge in [0.05, 0.1) is 9.51 Å². The van der Waals surface area contributed by atoms with Gasteiger partial charge in [-0.15, -0.1) is 11.3 Å². The van der Waals surface area contributed by atoms with E-state index in [-0.39, 0.29) is 17.7 Å². The summed E-state index contributed by atoms with van der Waals surface area (Å²) >= 11 is 1.66. The Balaban J connectivity index is 1.60. The zero-order chi connectivity index (χ0) is 21.3. The Morgan fingerprint density at radius 2 is 1.86 bits per heavy atom. The van der Waals surface area contributed by atoms with Gasteiger partial charge in [0.15, 0.2) is 0 Å². The smallest absolute Gasteiger partial charge is 0.410 e. The van der Waals surface area contributed by atoms with Gasteiger partial charge in [-0.25, -0.2) is 4.79 Å². The number of carbonyl (C=O) groups is 1. The highest BCUT2D eigenvalue weighted by Gasteiger charge is 2.42. The van der Waals surface area contributed by atoms with E-state index in [4.69, 9.17) is 9.72 Å². The molecule has 0 atom stereocenters. The van der Waals surface area contributed by atoms with Crippen molar-refractivity contribution in [1.82, 2.24) is 9.88 Å². The molecule has 1 aliphatic rings. The topological polar surface area (TPSA) is 62.7 Å². The van der Waals surface area contributed by atoms with E-state index in [0.29, 0.717) is 25.9 Å². The van der Waals surface area contributed by atoms with Crippen LogP contribution >= 0.6 is 11.3 Å². The molecule has 0 unspecified atom stereocenters. The number of likely N-dealkylation sites (tertiary alicyclic amines) is 1. The Kier molecular flexibility index (Phi) is 6.22. The Labute approximate surface area is 178 Å². The Bertz CT molecular complexity index is 837. The van der Waals surface area contributed by atoms with Gasteiger partial charge in [0, 0.05) is 19.3 Å². The van der Waals surface area contributed by atoms with Gasteiger partial charge in [0.25, 0.3) is 0 Å². The van der Waals surface area contributed by atoms with Crippen molar-refractivity contribution in [3.8, 4) is 0 Å². The van der Waals surface area contributed by atoms with Crippen LogP contribution in [-0.4, -0.2) is 42.2 Å². The zero-order valence-corrected chi connectivity index (χ0v) is 19.9. The van der Waals surface area contributed by atoms with E-state index in [1.165, 1.54) is 4.63 Å². The first kappa shape index (κ1) is 22.0. The fourth-order valence-corrected chi connectivity index (χ4v) is 7.33. The van der Waals surface area contributed by atoms with E-state index in [9.17, 15) is 9.90 Å². The number of aromatic nitrogens is 1. The van der Waals surface area contributed by atoms with Gasteiger partial charge in [-0.1, -0.05) is 64.2 Å². The highest BCUT2D eigenvalue weighted by atomic mass is 32.1. The molecule has 0 radical (unpaired) electrons. The molecule has 0 saturated carbocycles. The van der Waals surface area contributed by atoms with Crippen LogP contribution in [-0.2, 0) is 16.9 Å². The van der Waals surface area contributed by atoms with Crippen LogP contribution in [0.15, 0.2) is 36.5 Å². The van der Waals surface area contributed by atoms with E-state index in [1.54, 1.807) is 16.2 Å². The minimum absolute atomic E-state index is 0.205. The zero-order valence-electron chi connectivity index (χ0n) is 18.1. The summed E-state index contributed by atoms with van der Waals surface area (Å²) in [6, 6.07) is 9.67. The second-order valence-corrected chi connectivity index (χ2v) is 16.1. The van der Waals surface area contributed by atoms with Crippen molar-refractivity contribution in [2.45, 2.75) is 64.0 Å². The van der Waals surface area contributed by atoms with Crippen LogP contribution < -0.4 is 4.63 Å². The summed E-state index contributed by atoms with van der Waals surface area (Å²) in [5.41, 5.74) is 0.0614. The molecular weight excluding hydrogens is 400 g/mol. The first-order valence-electron chi connectivity index (χ1n) is 10.2. The van der Waals surface area contributed by atoms with Crippen molar-refractivity contribution in [2.75, 3.05) is 13.1 Å². The van der Waals surface area contributed by atoms with Gasteiger partial charge in [0.1, 0.15) is 20.3 Å². The third kappa shape index (κ3) is 4.73. The van der Waals surface area contributed by atoms with Gasteiger partial charge in [-0.2, -0.15) is 0 Å². The van der Waals surface area contributed by atoms with E-state index in [2.05, 4.69) is 33.9 Å². The molecule has 2 aromatic rings. The molecule has 1 amide bonds. The highest BCUT2D eigenvalue weighted by molar-refractivity contribution is 7.26. The van der Waals surface area contributed by atoms with Crippen LogP contribution in [0, 0.1) is 0 Å². The largest absolute Gasteiger partial charge is 0.445 e. The number of amides is 1. The Morgan fingerprint density at radius 3 is 2.45 bits per heavy atom. The van der Waals surface area contributed by atoms with Crippen molar-refractivity contribution in [1.29, 1.82) is 0 Å². The molecule has 1 aromatic heterocycles. The molecule has 0 spiro atoms. The number of thiazole rings is 1. The summed E-state index contributed by atoms with van der Waals surface area (Å²) in [4.78, 5) is 19.7. The molecule has 1 saturated heterocycles.